The number of carbonyl (C=O) groups excluding carboxylic acids is 1. The second-order valence-electron chi connectivity index (χ2n) is 5.10. The number of hydrogen-bond acceptors (Lipinski definition) is 6. The summed E-state index contributed by atoms with van der Waals surface area (Å²) in [5, 5.41) is 0. The SMILES string of the molecule is CS(=O)(=O)N1CCC[C@H]1c1cnc(N2CCOC2=O)cn1. The Morgan fingerprint density at radius 3 is 2.67 bits per heavy atom. The number of amides is 1. The molecule has 9 heteroatoms. The van der Waals surface area contributed by atoms with Gasteiger partial charge in [0.2, 0.25) is 10.0 Å². The van der Waals surface area contributed by atoms with E-state index in [1.165, 1.54) is 27.9 Å². The molecule has 3 heterocycles. The highest BCUT2D eigenvalue weighted by Crippen LogP contribution is 2.32. The van der Waals surface area contributed by atoms with Crippen molar-refractivity contribution in [1.82, 2.24) is 14.3 Å². The zero-order valence-electron chi connectivity index (χ0n) is 11.6. The van der Waals surface area contributed by atoms with Gasteiger partial charge in [0.05, 0.1) is 36.9 Å². The van der Waals surface area contributed by atoms with Gasteiger partial charge in [-0.1, -0.05) is 0 Å². The number of rotatable bonds is 3. The summed E-state index contributed by atoms with van der Waals surface area (Å²) in [6.45, 7) is 1.30. The van der Waals surface area contributed by atoms with Gasteiger partial charge in [-0.3, -0.25) is 9.88 Å². The molecule has 0 bridgehead atoms. The molecule has 21 heavy (non-hydrogen) atoms. The van der Waals surface area contributed by atoms with Crippen LogP contribution in [0.4, 0.5) is 10.6 Å². The van der Waals surface area contributed by atoms with Crippen molar-refractivity contribution in [1.29, 1.82) is 0 Å². The van der Waals surface area contributed by atoms with E-state index in [4.69, 9.17) is 4.74 Å². The van der Waals surface area contributed by atoms with Crippen LogP contribution in [0.2, 0.25) is 0 Å². The Hall–Kier alpha value is -1.74. The Bertz CT molecular complexity index is 646. The molecule has 1 aromatic heterocycles. The van der Waals surface area contributed by atoms with E-state index in [0.29, 0.717) is 31.2 Å². The monoisotopic (exact) mass is 312 g/mol. The second kappa shape index (κ2) is 5.23. The molecule has 0 aromatic carbocycles. The van der Waals surface area contributed by atoms with E-state index < -0.39 is 16.1 Å². The van der Waals surface area contributed by atoms with Crippen molar-refractivity contribution in [3.05, 3.63) is 18.1 Å². The van der Waals surface area contributed by atoms with Crippen LogP contribution < -0.4 is 4.90 Å². The van der Waals surface area contributed by atoms with Crippen molar-refractivity contribution in [2.45, 2.75) is 18.9 Å². The van der Waals surface area contributed by atoms with Crippen molar-refractivity contribution in [3.8, 4) is 0 Å². The summed E-state index contributed by atoms with van der Waals surface area (Å²) in [7, 11) is -3.25. The van der Waals surface area contributed by atoms with Gasteiger partial charge in [-0.2, -0.15) is 4.31 Å². The fourth-order valence-electron chi connectivity index (χ4n) is 2.68. The van der Waals surface area contributed by atoms with Crippen LogP contribution in [0.15, 0.2) is 12.4 Å². The number of carbonyl (C=O) groups is 1. The number of ether oxygens (including phenoxy) is 1. The summed E-state index contributed by atoms with van der Waals surface area (Å²) in [6.07, 6.45) is 5.32. The van der Waals surface area contributed by atoms with E-state index in [2.05, 4.69) is 9.97 Å². The van der Waals surface area contributed by atoms with Crippen molar-refractivity contribution >= 4 is 21.9 Å². The van der Waals surface area contributed by atoms with Crippen molar-refractivity contribution < 1.29 is 17.9 Å². The van der Waals surface area contributed by atoms with Gasteiger partial charge in [-0.25, -0.2) is 18.2 Å². The van der Waals surface area contributed by atoms with Crippen LogP contribution in [0, 0.1) is 0 Å². The first-order chi connectivity index (χ1) is 9.97. The average Bonchev–Trinajstić information content (AvgIpc) is 3.06. The molecule has 0 radical (unpaired) electrons. The van der Waals surface area contributed by atoms with E-state index in [-0.39, 0.29) is 6.04 Å². The third kappa shape index (κ3) is 2.70. The molecule has 0 saturated carbocycles. The van der Waals surface area contributed by atoms with Gasteiger partial charge in [0.25, 0.3) is 0 Å². The number of cyclic esters (lactones) is 1. The first-order valence-corrected chi connectivity index (χ1v) is 8.55. The Labute approximate surface area is 122 Å². The largest absolute Gasteiger partial charge is 0.447 e. The Morgan fingerprint density at radius 1 is 1.29 bits per heavy atom. The van der Waals surface area contributed by atoms with E-state index in [9.17, 15) is 13.2 Å². The maximum atomic E-state index is 11.7. The predicted octanol–water partition coefficient (Wildman–Crippen LogP) is 0.530. The van der Waals surface area contributed by atoms with Crippen LogP contribution >= 0.6 is 0 Å². The van der Waals surface area contributed by atoms with Crippen molar-refractivity contribution in [2.75, 3.05) is 30.9 Å². The molecule has 0 unspecified atom stereocenters. The number of aromatic nitrogens is 2. The van der Waals surface area contributed by atoms with E-state index in [0.717, 1.165) is 12.8 Å². The van der Waals surface area contributed by atoms with Crippen LogP contribution in [0.1, 0.15) is 24.6 Å². The molecule has 0 spiro atoms. The molecule has 0 aliphatic carbocycles. The van der Waals surface area contributed by atoms with Gasteiger partial charge in [-0.05, 0) is 12.8 Å². The quantitative estimate of drug-likeness (QED) is 0.808. The minimum absolute atomic E-state index is 0.271. The summed E-state index contributed by atoms with van der Waals surface area (Å²) >= 11 is 0. The zero-order chi connectivity index (χ0) is 15.0. The van der Waals surface area contributed by atoms with Gasteiger partial charge in [-0.15, -0.1) is 0 Å². The lowest BCUT2D eigenvalue weighted by molar-refractivity contribution is 0.181. The topological polar surface area (TPSA) is 92.7 Å². The standard InChI is InChI=1S/C12H16N4O4S/c1-21(18,19)16-4-2-3-10(16)9-7-14-11(8-13-9)15-5-6-20-12(15)17/h7-8,10H,2-6H2,1H3/t10-/m0/s1. The normalized spacial score (nSPS) is 23.6. The second-order valence-corrected chi connectivity index (χ2v) is 7.03. The minimum Gasteiger partial charge on any atom is -0.447 e. The summed E-state index contributed by atoms with van der Waals surface area (Å²) in [5.74, 6) is 0.421. The molecule has 2 fully saturated rings. The lowest BCUT2D eigenvalue weighted by atomic mass is 10.2. The summed E-state index contributed by atoms with van der Waals surface area (Å²) in [5.41, 5.74) is 0.606. The number of hydrogen-bond donors (Lipinski definition) is 0. The number of sulfonamides is 1. The Kier molecular flexibility index (Phi) is 3.54. The van der Waals surface area contributed by atoms with Crippen LogP contribution in [0.3, 0.4) is 0 Å². The predicted molar refractivity (Wildman–Crippen MR) is 74.3 cm³/mol. The summed E-state index contributed by atoms with van der Waals surface area (Å²) < 4.78 is 29.8. The highest BCUT2D eigenvalue weighted by atomic mass is 32.2. The van der Waals surface area contributed by atoms with Crippen LogP contribution in [0.25, 0.3) is 0 Å². The smallest absolute Gasteiger partial charge is 0.415 e. The average molecular weight is 312 g/mol. The van der Waals surface area contributed by atoms with Crippen LogP contribution in [0.5, 0.6) is 0 Å². The van der Waals surface area contributed by atoms with E-state index >= 15 is 0 Å². The van der Waals surface area contributed by atoms with Crippen LogP contribution in [-0.4, -0.2) is 54.7 Å². The van der Waals surface area contributed by atoms with Crippen LogP contribution in [-0.2, 0) is 14.8 Å². The molecular formula is C12H16N4O4S. The molecule has 3 rings (SSSR count). The van der Waals surface area contributed by atoms with Gasteiger partial charge >= 0.3 is 6.09 Å². The molecule has 8 nitrogen and oxygen atoms in total. The zero-order valence-corrected chi connectivity index (χ0v) is 12.4. The van der Waals surface area contributed by atoms with Gasteiger partial charge in [0.15, 0.2) is 5.82 Å². The first-order valence-electron chi connectivity index (χ1n) is 6.70. The molecule has 0 N–H and O–H groups in total. The number of nitrogens with zero attached hydrogens (tertiary/aromatic N) is 4. The van der Waals surface area contributed by atoms with E-state index in [1.807, 2.05) is 0 Å². The molecular weight excluding hydrogens is 296 g/mol. The Balaban J connectivity index is 1.82. The fraction of sp³-hybridized carbons (Fsp3) is 0.583. The molecule has 1 aromatic rings. The fourth-order valence-corrected chi connectivity index (χ4v) is 3.81. The van der Waals surface area contributed by atoms with Gasteiger partial charge in [0.1, 0.15) is 6.61 Å². The summed E-state index contributed by atoms with van der Waals surface area (Å²) in [4.78, 5) is 21.3. The van der Waals surface area contributed by atoms with Gasteiger partial charge < -0.3 is 4.74 Å². The Morgan fingerprint density at radius 2 is 2.10 bits per heavy atom. The highest BCUT2D eigenvalue weighted by molar-refractivity contribution is 7.88. The lowest BCUT2D eigenvalue weighted by Crippen LogP contribution is -2.30. The van der Waals surface area contributed by atoms with Gasteiger partial charge in [0, 0.05) is 6.54 Å². The molecule has 2 aliphatic heterocycles. The minimum atomic E-state index is -3.25. The maximum absolute atomic E-state index is 11.7. The lowest BCUT2D eigenvalue weighted by Gasteiger charge is -2.21. The van der Waals surface area contributed by atoms with Crippen molar-refractivity contribution in [3.63, 3.8) is 0 Å². The molecule has 1 atom stereocenters. The summed E-state index contributed by atoms with van der Waals surface area (Å²) in [6, 6.07) is -0.271. The molecule has 1 amide bonds. The molecule has 2 saturated heterocycles. The molecule has 114 valence electrons. The third-order valence-electron chi connectivity index (χ3n) is 3.67. The third-order valence-corrected chi connectivity index (χ3v) is 4.96. The first kappa shape index (κ1) is 14.2. The number of anilines is 1. The maximum Gasteiger partial charge on any atom is 0.415 e. The molecule has 2 aliphatic rings. The highest BCUT2D eigenvalue weighted by Gasteiger charge is 2.34. The van der Waals surface area contributed by atoms with Crippen molar-refractivity contribution in [2.24, 2.45) is 0 Å². The van der Waals surface area contributed by atoms with E-state index in [1.54, 1.807) is 0 Å².